The van der Waals surface area contributed by atoms with Crippen LogP contribution in [0.4, 0.5) is 17.2 Å². The van der Waals surface area contributed by atoms with Crippen LogP contribution in [0.15, 0.2) is 71.9 Å². The van der Waals surface area contributed by atoms with Gasteiger partial charge in [-0.25, -0.2) is 9.97 Å². The number of oxazole rings is 1. The third-order valence-corrected chi connectivity index (χ3v) is 7.81. The maximum Gasteiger partial charge on any atom is 0.253 e. The molecule has 1 fully saturated rings. The van der Waals surface area contributed by atoms with E-state index in [1.807, 2.05) is 53.1 Å². The van der Waals surface area contributed by atoms with Crippen LogP contribution in [0.3, 0.4) is 0 Å². The lowest BCUT2D eigenvalue weighted by atomic mass is 9.85. The molecule has 1 amide bonds. The molecule has 0 spiro atoms. The Kier molecular flexibility index (Phi) is 6.93. The first-order valence-corrected chi connectivity index (χ1v) is 13.5. The van der Waals surface area contributed by atoms with E-state index in [2.05, 4.69) is 20.3 Å². The number of aryl methyl sites for hydroxylation is 1. The quantitative estimate of drug-likeness (QED) is 0.336. The highest BCUT2D eigenvalue weighted by Crippen LogP contribution is 2.44. The second-order valence-corrected chi connectivity index (χ2v) is 10.5. The standard InChI is InChI=1S/C29H29ClN6O3/c1-18-23(12-21(30)14-32-18)28(37)34-22-9-6-19(7-10-22)16-35-24-4-2-3-5-25(24)36(29(35)38)27-11-8-20(13-33-27)26-15-31-17-39-26/h2-5,8,11-15,17,19,22,29,38H,6-7,9-10,16H2,1H3,(H,34,37). The smallest absolute Gasteiger partial charge is 0.253 e. The van der Waals surface area contributed by atoms with Crippen molar-refractivity contribution in [1.82, 2.24) is 20.3 Å². The molecule has 1 unspecified atom stereocenters. The highest BCUT2D eigenvalue weighted by atomic mass is 35.5. The van der Waals surface area contributed by atoms with Crippen molar-refractivity contribution in [3.8, 4) is 11.3 Å². The number of rotatable bonds is 6. The minimum absolute atomic E-state index is 0.103. The molecule has 1 aromatic carbocycles. The molecule has 10 heteroatoms. The van der Waals surface area contributed by atoms with E-state index in [9.17, 15) is 9.90 Å². The third kappa shape index (κ3) is 5.07. The molecule has 200 valence electrons. The van der Waals surface area contributed by atoms with Crippen molar-refractivity contribution in [2.75, 3.05) is 16.3 Å². The Morgan fingerprint density at radius 2 is 1.87 bits per heavy atom. The zero-order chi connectivity index (χ0) is 26.9. The summed E-state index contributed by atoms with van der Waals surface area (Å²) in [5, 5.41) is 15.1. The molecule has 3 aromatic heterocycles. The Morgan fingerprint density at radius 1 is 1.08 bits per heavy atom. The van der Waals surface area contributed by atoms with Gasteiger partial charge in [-0.2, -0.15) is 0 Å². The molecule has 6 rings (SSSR count). The van der Waals surface area contributed by atoms with Crippen LogP contribution in [-0.2, 0) is 0 Å². The van der Waals surface area contributed by atoms with Crippen molar-refractivity contribution in [2.45, 2.75) is 45.0 Å². The van der Waals surface area contributed by atoms with E-state index >= 15 is 0 Å². The zero-order valence-electron chi connectivity index (χ0n) is 21.5. The number of nitrogens with zero attached hydrogens (tertiary/aromatic N) is 5. The summed E-state index contributed by atoms with van der Waals surface area (Å²) in [5.41, 5.74) is 3.89. The van der Waals surface area contributed by atoms with E-state index in [0.29, 0.717) is 40.3 Å². The fourth-order valence-corrected chi connectivity index (χ4v) is 5.69. The fourth-order valence-electron chi connectivity index (χ4n) is 5.53. The molecule has 1 saturated carbocycles. The molecule has 1 aliphatic heterocycles. The second kappa shape index (κ2) is 10.7. The molecule has 0 radical (unpaired) electrons. The summed E-state index contributed by atoms with van der Waals surface area (Å²) in [6.07, 6.45) is 9.10. The van der Waals surface area contributed by atoms with Gasteiger partial charge in [0.15, 0.2) is 12.2 Å². The topological polar surface area (TPSA) is 108 Å². The van der Waals surface area contributed by atoms with Gasteiger partial charge in [0.2, 0.25) is 6.35 Å². The Morgan fingerprint density at radius 3 is 2.59 bits per heavy atom. The van der Waals surface area contributed by atoms with E-state index in [1.165, 1.54) is 6.39 Å². The number of pyridine rings is 2. The van der Waals surface area contributed by atoms with Crippen LogP contribution < -0.4 is 15.1 Å². The van der Waals surface area contributed by atoms with Crippen molar-refractivity contribution in [3.63, 3.8) is 0 Å². The van der Waals surface area contributed by atoms with Crippen molar-refractivity contribution >= 4 is 34.7 Å². The number of nitrogens with one attached hydrogen (secondary N) is 1. The van der Waals surface area contributed by atoms with Gasteiger partial charge in [-0.1, -0.05) is 23.7 Å². The second-order valence-electron chi connectivity index (χ2n) is 10.1. The van der Waals surface area contributed by atoms with Gasteiger partial charge in [0.05, 0.1) is 33.9 Å². The first kappa shape index (κ1) is 25.3. The molecule has 39 heavy (non-hydrogen) atoms. The molecule has 0 saturated heterocycles. The monoisotopic (exact) mass is 544 g/mol. The summed E-state index contributed by atoms with van der Waals surface area (Å²) in [6.45, 7) is 2.52. The normalized spacial score (nSPS) is 20.6. The summed E-state index contributed by atoms with van der Waals surface area (Å²) in [6, 6.07) is 13.6. The van der Waals surface area contributed by atoms with Gasteiger partial charge in [0.1, 0.15) is 5.82 Å². The molecule has 1 atom stereocenters. The number of hydrogen-bond acceptors (Lipinski definition) is 8. The lowest BCUT2D eigenvalue weighted by Gasteiger charge is -2.34. The molecule has 2 N–H and O–H groups in total. The Labute approximate surface area is 231 Å². The lowest BCUT2D eigenvalue weighted by Crippen LogP contribution is -2.45. The maximum absolute atomic E-state index is 12.8. The molecule has 2 aliphatic rings. The summed E-state index contributed by atoms with van der Waals surface area (Å²) >= 11 is 6.05. The van der Waals surface area contributed by atoms with Crippen LogP contribution in [0.5, 0.6) is 0 Å². The third-order valence-electron chi connectivity index (χ3n) is 7.61. The van der Waals surface area contributed by atoms with Crippen molar-refractivity contribution in [1.29, 1.82) is 0 Å². The van der Waals surface area contributed by atoms with Crippen LogP contribution in [0.25, 0.3) is 11.3 Å². The number of amides is 1. The molecule has 9 nitrogen and oxygen atoms in total. The minimum atomic E-state index is -0.873. The summed E-state index contributed by atoms with van der Waals surface area (Å²) in [7, 11) is 0. The Bertz CT molecular complexity index is 1450. The molecular formula is C29H29ClN6O3. The van der Waals surface area contributed by atoms with Crippen molar-refractivity contribution in [2.24, 2.45) is 5.92 Å². The highest BCUT2D eigenvalue weighted by Gasteiger charge is 2.37. The number of halogens is 1. The fraction of sp³-hybridized carbons (Fsp3) is 0.310. The highest BCUT2D eigenvalue weighted by molar-refractivity contribution is 6.30. The SMILES string of the molecule is Cc1ncc(Cl)cc1C(=O)NC1CCC(CN2c3ccccc3N(c3ccc(-c4cnco4)cn3)C2O)CC1. The average Bonchev–Trinajstić information content (AvgIpc) is 3.58. The van der Waals surface area contributed by atoms with Crippen LogP contribution >= 0.6 is 11.6 Å². The van der Waals surface area contributed by atoms with Gasteiger partial charge >= 0.3 is 0 Å². The maximum atomic E-state index is 12.8. The Hall–Kier alpha value is -3.95. The lowest BCUT2D eigenvalue weighted by molar-refractivity contribution is 0.0920. The van der Waals surface area contributed by atoms with Gasteiger partial charge in [-0.05, 0) is 68.9 Å². The number of benzene rings is 1. The van der Waals surface area contributed by atoms with E-state index < -0.39 is 6.35 Å². The molecular weight excluding hydrogens is 516 g/mol. The first-order valence-electron chi connectivity index (χ1n) is 13.1. The van der Waals surface area contributed by atoms with Gasteiger partial charge in [-0.15, -0.1) is 0 Å². The number of carbonyl (C=O) groups excluding carboxylic acids is 1. The predicted octanol–water partition coefficient (Wildman–Crippen LogP) is 5.32. The van der Waals surface area contributed by atoms with E-state index in [-0.39, 0.29) is 11.9 Å². The first-order chi connectivity index (χ1) is 19.0. The average molecular weight is 545 g/mol. The Balaban J connectivity index is 1.11. The number of para-hydroxylation sites is 2. The van der Waals surface area contributed by atoms with Crippen LogP contribution in [0.1, 0.15) is 41.7 Å². The zero-order valence-corrected chi connectivity index (χ0v) is 22.3. The van der Waals surface area contributed by atoms with Gasteiger partial charge in [-0.3, -0.25) is 14.7 Å². The molecule has 1 aliphatic carbocycles. The molecule has 0 bridgehead atoms. The molecule has 4 aromatic rings. The van der Waals surface area contributed by atoms with E-state index in [4.69, 9.17) is 16.0 Å². The summed E-state index contributed by atoms with van der Waals surface area (Å²) < 4.78 is 5.37. The van der Waals surface area contributed by atoms with Crippen molar-refractivity contribution < 1.29 is 14.3 Å². The van der Waals surface area contributed by atoms with Gasteiger partial charge < -0.3 is 19.7 Å². The minimum Gasteiger partial charge on any atom is -0.443 e. The van der Waals surface area contributed by atoms with Crippen LogP contribution in [-0.4, -0.2) is 44.9 Å². The van der Waals surface area contributed by atoms with Crippen LogP contribution in [0.2, 0.25) is 5.02 Å². The number of aliphatic hydroxyl groups excluding tert-OH is 1. The largest absolute Gasteiger partial charge is 0.443 e. The number of aliphatic hydroxyl groups is 1. The molecule has 4 heterocycles. The number of aromatic nitrogens is 3. The number of carbonyl (C=O) groups is 1. The number of anilines is 3. The number of fused-ring (bicyclic) bond motifs is 1. The van der Waals surface area contributed by atoms with Gasteiger partial charge in [0, 0.05) is 30.5 Å². The van der Waals surface area contributed by atoms with E-state index in [0.717, 1.165) is 42.6 Å². The van der Waals surface area contributed by atoms with Crippen molar-refractivity contribution in [3.05, 3.63) is 83.7 Å². The van der Waals surface area contributed by atoms with Gasteiger partial charge in [0.25, 0.3) is 5.91 Å². The predicted molar refractivity (Wildman–Crippen MR) is 149 cm³/mol. The van der Waals surface area contributed by atoms with E-state index in [1.54, 1.807) is 24.7 Å². The van der Waals surface area contributed by atoms with Crippen LogP contribution in [0, 0.1) is 12.8 Å². The number of hydrogen-bond donors (Lipinski definition) is 2. The summed E-state index contributed by atoms with van der Waals surface area (Å²) in [5.74, 6) is 1.55. The summed E-state index contributed by atoms with van der Waals surface area (Å²) in [4.78, 5) is 29.5.